The van der Waals surface area contributed by atoms with Gasteiger partial charge in [-0.1, -0.05) is 102 Å². The van der Waals surface area contributed by atoms with Gasteiger partial charge < -0.3 is 15.7 Å². The lowest BCUT2D eigenvalue weighted by molar-refractivity contribution is -0.139. The molecule has 0 unspecified atom stereocenters. The number of carboxylic acids is 1. The maximum absolute atomic E-state index is 12.9. The third kappa shape index (κ3) is 6.59. The van der Waals surface area contributed by atoms with Crippen LogP contribution in [0, 0.1) is 0 Å². The number of aliphatic carboxylic acids is 1. The summed E-state index contributed by atoms with van der Waals surface area (Å²) in [6, 6.07) is 27.6. The summed E-state index contributed by atoms with van der Waals surface area (Å²) in [6.45, 7) is 0.411. The molecular formula is C30H24Cl2N2O4. The molecule has 0 aliphatic rings. The van der Waals surface area contributed by atoms with Gasteiger partial charge in [0.15, 0.2) is 0 Å². The van der Waals surface area contributed by atoms with Crippen LogP contribution in [-0.4, -0.2) is 28.9 Å². The third-order valence-corrected chi connectivity index (χ3v) is 6.60. The van der Waals surface area contributed by atoms with Crippen molar-refractivity contribution in [2.75, 3.05) is 0 Å². The van der Waals surface area contributed by atoms with E-state index in [1.807, 2.05) is 54.6 Å². The number of rotatable bonds is 9. The molecule has 38 heavy (non-hydrogen) atoms. The lowest BCUT2D eigenvalue weighted by Crippen LogP contribution is -2.42. The molecule has 0 heterocycles. The van der Waals surface area contributed by atoms with Crippen LogP contribution in [0.15, 0.2) is 97.1 Å². The van der Waals surface area contributed by atoms with Crippen LogP contribution in [0.25, 0.3) is 11.1 Å². The van der Waals surface area contributed by atoms with Gasteiger partial charge in [-0.15, -0.1) is 0 Å². The Morgan fingerprint density at radius 1 is 0.711 bits per heavy atom. The van der Waals surface area contributed by atoms with Gasteiger partial charge in [-0.2, -0.15) is 0 Å². The average molecular weight is 547 g/mol. The molecule has 4 aromatic carbocycles. The molecule has 0 fully saturated rings. The van der Waals surface area contributed by atoms with Crippen molar-refractivity contribution < 1.29 is 19.5 Å². The van der Waals surface area contributed by atoms with Gasteiger partial charge in [0.1, 0.15) is 6.04 Å². The summed E-state index contributed by atoms with van der Waals surface area (Å²) in [4.78, 5) is 37.5. The minimum atomic E-state index is -1.20. The van der Waals surface area contributed by atoms with Crippen LogP contribution in [0.3, 0.4) is 0 Å². The minimum absolute atomic E-state index is 0.0274. The molecule has 0 bridgehead atoms. The van der Waals surface area contributed by atoms with Gasteiger partial charge in [0.25, 0.3) is 11.8 Å². The Morgan fingerprint density at radius 3 is 2.00 bits per heavy atom. The first kappa shape index (κ1) is 26.9. The number of carboxylic acid groups (broad SMARTS) is 1. The van der Waals surface area contributed by atoms with Gasteiger partial charge in [0, 0.05) is 18.5 Å². The van der Waals surface area contributed by atoms with Crippen molar-refractivity contribution >= 4 is 41.0 Å². The third-order valence-electron chi connectivity index (χ3n) is 5.97. The Bertz CT molecular complexity index is 1440. The highest BCUT2D eigenvalue weighted by Gasteiger charge is 2.24. The fourth-order valence-corrected chi connectivity index (χ4v) is 4.58. The van der Waals surface area contributed by atoms with E-state index < -0.39 is 17.9 Å². The van der Waals surface area contributed by atoms with E-state index in [0.717, 1.165) is 16.7 Å². The van der Waals surface area contributed by atoms with E-state index in [-0.39, 0.29) is 27.9 Å². The van der Waals surface area contributed by atoms with E-state index in [9.17, 15) is 19.5 Å². The number of halogens is 2. The standard InChI is InChI=1S/C30H24Cl2N2O4/c31-24-11-6-12-25(32)27(24)29(36)34-26(30(37)38)17-19-13-15-21(16-14-19)22-9-4-5-10-23(22)28(35)33-18-20-7-2-1-3-8-20/h1-16,26H,17-18H2,(H,33,35)(H,34,36)(H,37,38)/t26-/m0/s1. The summed E-state index contributed by atoms with van der Waals surface area (Å²) in [5.41, 5.74) is 3.80. The molecule has 3 N–H and O–H groups in total. The first-order chi connectivity index (χ1) is 18.3. The summed E-state index contributed by atoms with van der Waals surface area (Å²) in [5, 5.41) is 15.4. The van der Waals surface area contributed by atoms with Crippen molar-refractivity contribution in [2.24, 2.45) is 0 Å². The van der Waals surface area contributed by atoms with Gasteiger partial charge in [0.2, 0.25) is 0 Å². The Morgan fingerprint density at radius 2 is 1.34 bits per heavy atom. The van der Waals surface area contributed by atoms with Gasteiger partial charge in [-0.25, -0.2) is 4.79 Å². The summed E-state index contributed by atoms with van der Waals surface area (Å²) >= 11 is 12.2. The van der Waals surface area contributed by atoms with Crippen molar-refractivity contribution in [3.8, 4) is 11.1 Å². The Labute approximate surface area is 230 Å². The fraction of sp³-hybridized carbons (Fsp3) is 0.100. The first-order valence-electron chi connectivity index (χ1n) is 11.8. The van der Waals surface area contributed by atoms with Crippen LogP contribution in [-0.2, 0) is 17.8 Å². The molecule has 0 aliphatic heterocycles. The second kappa shape index (κ2) is 12.4. The Balaban J connectivity index is 1.47. The molecule has 0 saturated heterocycles. The molecule has 6 nitrogen and oxygen atoms in total. The van der Waals surface area contributed by atoms with Crippen LogP contribution in [0.4, 0.5) is 0 Å². The number of amides is 2. The molecule has 0 saturated carbocycles. The molecule has 8 heteroatoms. The monoisotopic (exact) mass is 546 g/mol. The summed E-state index contributed by atoms with van der Waals surface area (Å²) in [7, 11) is 0. The van der Waals surface area contributed by atoms with Crippen molar-refractivity contribution in [3.63, 3.8) is 0 Å². The number of carbonyl (C=O) groups is 3. The normalized spacial score (nSPS) is 11.4. The van der Waals surface area contributed by atoms with Crippen molar-refractivity contribution in [1.29, 1.82) is 0 Å². The fourth-order valence-electron chi connectivity index (χ4n) is 4.01. The number of hydrogen-bond acceptors (Lipinski definition) is 3. The molecule has 0 aromatic heterocycles. The van der Waals surface area contributed by atoms with E-state index in [2.05, 4.69) is 10.6 Å². The average Bonchev–Trinajstić information content (AvgIpc) is 2.92. The predicted octanol–water partition coefficient (Wildman–Crippen LogP) is 6.02. The highest BCUT2D eigenvalue weighted by atomic mass is 35.5. The molecule has 192 valence electrons. The molecule has 0 spiro atoms. The molecule has 0 aliphatic carbocycles. The van der Waals surface area contributed by atoms with Crippen LogP contribution >= 0.6 is 23.2 Å². The maximum atomic E-state index is 12.9. The van der Waals surface area contributed by atoms with Crippen molar-refractivity contribution in [1.82, 2.24) is 10.6 Å². The van der Waals surface area contributed by atoms with E-state index >= 15 is 0 Å². The Hall–Kier alpha value is -4.13. The summed E-state index contributed by atoms with van der Waals surface area (Å²) in [6.07, 6.45) is 0.0443. The first-order valence-corrected chi connectivity index (χ1v) is 12.6. The van der Waals surface area contributed by atoms with Gasteiger partial charge >= 0.3 is 5.97 Å². The molecule has 4 rings (SSSR count). The smallest absolute Gasteiger partial charge is 0.326 e. The van der Waals surface area contributed by atoms with Crippen molar-refractivity contribution in [3.05, 3.63) is 129 Å². The zero-order valence-corrected chi connectivity index (χ0v) is 21.7. The zero-order valence-electron chi connectivity index (χ0n) is 20.2. The maximum Gasteiger partial charge on any atom is 0.326 e. The number of nitrogens with one attached hydrogen (secondary N) is 2. The molecule has 4 aromatic rings. The zero-order chi connectivity index (χ0) is 27.1. The lowest BCUT2D eigenvalue weighted by Gasteiger charge is -2.16. The van der Waals surface area contributed by atoms with E-state index in [1.165, 1.54) is 12.1 Å². The second-order valence-electron chi connectivity index (χ2n) is 8.58. The Kier molecular flexibility index (Phi) is 8.79. The van der Waals surface area contributed by atoms with Gasteiger partial charge in [0.05, 0.1) is 15.6 Å². The summed E-state index contributed by atoms with van der Waals surface area (Å²) < 4.78 is 0. The number of carbonyl (C=O) groups excluding carboxylic acids is 2. The molecule has 0 radical (unpaired) electrons. The van der Waals surface area contributed by atoms with Crippen LogP contribution in [0.2, 0.25) is 10.0 Å². The lowest BCUT2D eigenvalue weighted by atomic mass is 9.96. The second-order valence-corrected chi connectivity index (χ2v) is 9.39. The van der Waals surface area contributed by atoms with Gasteiger partial charge in [-0.05, 0) is 40.5 Å². The van der Waals surface area contributed by atoms with Crippen molar-refractivity contribution in [2.45, 2.75) is 19.0 Å². The minimum Gasteiger partial charge on any atom is -0.480 e. The number of hydrogen-bond donors (Lipinski definition) is 3. The molecule has 2 amide bonds. The quantitative estimate of drug-likeness (QED) is 0.239. The SMILES string of the molecule is O=C(NCc1ccccc1)c1ccccc1-c1ccc(C[C@H](NC(=O)c2c(Cl)cccc2Cl)C(=O)O)cc1. The van der Waals surface area contributed by atoms with E-state index in [4.69, 9.17) is 23.2 Å². The van der Waals surface area contributed by atoms with E-state index in [1.54, 1.807) is 30.3 Å². The van der Waals surface area contributed by atoms with Crippen LogP contribution < -0.4 is 10.6 Å². The van der Waals surface area contributed by atoms with Crippen LogP contribution in [0.5, 0.6) is 0 Å². The number of benzene rings is 4. The highest BCUT2D eigenvalue weighted by Crippen LogP contribution is 2.26. The topological polar surface area (TPSA) is 95.5 Å². The molecule has 1 atom stereocenters. The summed E-state index contributed by atoms with van der Waals surface area (Å²) in [5.74, 6) is -2.05. The van der Waals surface area contributed by atoms with E-state index in [0.29, 0.717) is 17.7 Å². The highest BCUT2D eigenvalue weighted by molar-refractivity contribution is 6.39. The molecular weight excluding hydrogens is 523 g/mol. The van der Waals surface area contributed by atoms with Gasteiger partial charge in [-0.3, -0.25) is 9.59 Å². The predicted molar refractivity (Wildman–Crippen MR) is 149 cm³/mol. The largest absolute Gasteiger partial charge is 0.480 e. The van der Waals surface area contributed by atoms with Crippen LogP contribution in [0.1, 0.15) is 31.8 Å².